The SMILES string of the molecule is CC(C)(C)CCCCc1ccc(CCCCCCC(C)(C)C(=O)CCNC(=O)CCNC(=O)C(O)C(C)(C)COP(=O)(O)OP(=O)(O)OCC2OC(n3cnc4c(N)ncnc43)C(O)C2OP(=O)(O)O)cc1. The lowest BCUT2D eigenvalue weighted by molar-refractivity contribution is -0.137. The third-order valence-electron chi connectivity index (χ3n) is 12.2. The van der Waals surface area contributed by atoms with Gasteiger partial charge in [0.25, 0.3) is 0 Å². The van der Waals surface area contributed by atoms with Gasteiger partial charge in [0.15, 0.2) is 17.7 Å². The van der Waals surface area contributed by atoms with Crippen LogP contribution in [0.1, 0.15) is 130 Å². The quantitative estimate of drug-likeness (QED) is 0.0290. The largest absolute Gasteiger partial charge is 0.481 e. The van der Waals surface area contributed by atoms with E-state index < -0.39 is 90.0 Å². The zero-order chi connectivity index (χ0) is 53.7. The second-order valence-electron chi connectivity index (χ2n) is 20.6. The molecule has 0 aliphatic carbocycles. The number of hydrogen-bond acceptors (Lipinski definition) is 17. The van der Waals surface area contributed by atoms with Gasteiger partial charge in [0, 0.05) is 36.8 Å². The molecule has 2 amide bonds. The number of phosphoric ester groups is 3. The molecule has 3 aromatic rings. The normalized spacial score (nSPS) is 20.0. The van der Waals surface area contributed by atoms with Crippen LogP contribution in [0, 0.1) is 16.2 Å². The summed E-state index contributed by atoms with van der Waals surface area (Å²) in [5, 5.41) is 26.7. The number of ether oxygens (including phenoxy) is 1. The summed E-state index contributed by atoms with van der Waals surface area (Å²) in [4.78, 5) is 89.6. The van der Waals surface area contributed by atoms with E-state index in [0.29, 0.717) is 5.41 Å². The second-order valence-corrected chi connectivity index (χ2v) is 24.9. The zero-order valence-corrected chi connectivity index (χ0v) is 44.7. The van der Waals surface area contributed by atoms with Crippen molar-refractivity contribution < 1.29 is 80.5 Å². The maximum atomic E-state index is 13.0. The Balaban J connectivity index is 1.11. The lowest BCUT2D eigenvalue weighted by Gasteiger charge is -2.30. The number of fused-ring (bicyclic) bond motifs is 1. The number of nitrogens with zero attached hydrogens (tertiary/aromatic N) is 4. The number of amides is 2. The van der Waals surface area contributed by atoms with Crippen molar-refractivity contribution in [3.8, 4) is 0 Å². The van der Waals surface area contributed by atoms with E-state index in [1.54, 1.807) is 0 Å². The number of carbonyl (C=O) groups excluding carboxylic acids is 3. The second kappa shape index (κ2) is 26.3. The van der Waals surface area contributed by atoms with Crippen LogP contribution < -0.4 is 16.4 Å². The first-order valence-electron chi connectivity index (χ1n) is 23.9. The number of benzene rings is 1. The van der Waals surface area contributed by atoms with Crippen LogP contribution in [0.5, 0.6) is 0 Å². The smallest absolute Gasteiger partial charge is 0.386 e. The van der Waals surface area contributed by atoms with Gasteiger partial charge < -0.3 is 50.9 Å². The van der Waals surface area contributed by atoms with Crippen LogP contribution in [0.3, 0.4) is 0 Å². The molecule has 1 saturated heterocycles. The maximum absolute atomic E-state index is 13.0. The Morgan fingerprint density at radius 2 is 1.39 bits per heavy atom. The Morgan fingerprint density at radius 1 is 0.806 bits per heavy atom. The molecule has 0 saturated carbocycles. The van der Waals surface area contributed by atoms with Crippen molar-refractivity contribution in [1.82, 2.24) is 30.2 Å². The first-order valence-corrected chi connectivity index (χ1v) is 28.4. The van der Waals surface area contributed by atoms with E-state index in [0.717, 1.165) is 62.2 Å². The molecular formula is C45H74N7O17P3. The van der Waals surface area contributed by atoms with Crippen molar-refractivity contribution in [3.05, 3.63) is 48.0 Å². The molecule has 406 valence electrons. The molecule has 7 unspecified atom stereocenters. The number of nitrogens with two attached hydrogens (primary N) is 1. The number of ketones is 1. The van der Waals surface area contributed by atoms with Gasteiger partial charge in [-0.05, 0) is 55.1 Å². The highest BCUT2D eigenvalue weighted by Gasteiger charge is 2.50. The minimum Gasteiger partial charge on any atom is -0.386 e. The molecule has 1 aliphatic heterocycles. The molecule has 1 aliphatic rings. The Kier molecular flexibility index (Phi) is 22.2. The minimum atomic E-state index is -5.59. The third kappa shape index (κ3) is 19.9. The molecule has 4 rings (SSSR count). The van der Waals surface area contributed by atoms with Crippen LogP contribution in [-0.2, 0) is 63.5 Å². The van der Waals surface area contributed by atoms with Crippen molar-refractivity contribution in [2.75, 3.05) is 32.0 Å². The fraction of sp³-hybridized carbons (Fsp3) is 0.689. The van der Waals surface area contributed by atoms with Crippen LogP contribution in [0.25, 0.3) is 11.2 Å². The lowest BCUT2D eigenvalue weighted by atomic mass is 9.81. The molecule has 2 aromatic heterocycles. The van der Waals surface area contributed by atoms with Crippen LogP contribution >= 0.6 is 23.5 Å². The van der Waals surface area contributed by atoms with Gasteiger partial charge in [-0.2, -0.15) is 4.31 Å². The molecular weight excluding hydrogens is 1000 g/mol. The van der Waals surface area contributed by atoms with Gasteiger partial charge in [0.05, 0.1) is 19.5 Å². The molecule has 1 fully saturated rings. The molecule has 3 heterocycles. The fourth-order valence-corrected chi connectivity index (χ4v) is 10.7. The van der Waals surface area contributed by atoms with Crippen LogP contribution in [0.15, 0.2) is 36.9 Å². The summed E-state index contributed by atoms with van der Waals surface area (Å²) >= 11 is 0. The Labute approximate surface area is 420 Å². The fourth-order valence-electron chi connectivity index (χ4n) is 7.84. The van der Waals surface area contributed by atoms with Crippen molar-refractivity contribution >= 4 is 58.0 Å². The minimum absolute atomic E-state index is 0.0237. The van der Waals surface area contributed by atoms with E-state index in [4.69, 9.17) is 19.5 Å². The number of hydrogen-bond donors (Lipinski definition) is 9. The van der Waals surface area contributed by atoms with Gasteiger partial charge >= 0.3 is 23.5 Å². The van der Waals surface area contributed by atoms with Gasteiger partial charge in [-0.1, -0.05) is 98.4 Å². The summed E-state index contributed by atoms with van der Waals surface area (Å²) in [7, 11) is -16.4. The molecule has 0 bridgehead atoms. The summed E-state index contributed by atoms with van der Waals surface area (Å²) in [5.41, 5.74) is 6.82. The Hall–Kier alpha value is -3.57. The van der Waals surface area contributed by atoms with Crippen LogP contribution in [-0.4, -0.2) is 118 Å². The number of aryl methyl sites for hydroxylation is 2. The van der Waals surface area contributed by atoms with E-state index in [2.05, 4.69) is 79.5 Å². The van der Waals surface area contributed by atoms with Gasteiger partial charge in [0.2, 0.25) is 11.8 Å². The van der Waals surface area contributed by atoms with Crippen molar-refractivity contribution in [1.29, 1.82) is 0 Å². The molecule has 24 nitrogen and oxygen atoms in total. The number of aliphatic hydroxyl groups is 2. The number of nitrogens with one attached hydrogen (secondary N) is 2. The van der Waals surface area contributed by atoms with Gasteiger partial charge in [-0.3, -0.25) is 32.5 Å². The van der Waals surface area contributed by atoms with Gasteiger partial charge in [0.1, 0.15) is 42.0 Å². The molecule has 7 atom stereocenters. The molecule has 1 aromatic carbocycles. The highest BCUT2D eigenvalue weighted by atomic mass is 31.3. The first kappa shape index (κ1) is 61.0. The number of unbranched alkanes of at least 4 members (excludes halogenated alkanes) is 4. The number of imidazole rings is 1. The summed E-state index contributed by atoms with van der Waals surface area (Å²) < 4.78 is 62.6. The number of aliphatic hydroxyl groups excluding tert-OH is 2. The van der Waals surface area contributed by atoms with Crippen molar-refractivity contribution in [2.24, 2.45) is 16.2 Å². The lowest BCUT2D eigenvalue weighted by Crippen LogP contribution is -2.46. The predicted octanol–water partition coefficient (Wildman–Crippen LogP) is 5.34. The number of Topliss-reactive ketones (excluding diaryl/α,β-unsaturated/α-hetero) is 1. The summed E-state index contributed by atoms with van der Waals surface area (Å²) in [6, 6.07) is 8.96. The predicted molar refractivity (Wildman–Crippen MR) is 263 cm³/mol. The monoisotopic (exact) mass is 1080 g/mol. The van der Waals surface area contributed by atoms with E-state index in [1.807, 2.05) is 13.8 Å². The maximum Gasteiger partial charge on any atom is 0.481 e. The number of carbonyl (C=O) groups is 3. The summed E-state index contributed by atoms with van der Waals surface area (Å²) in [6.07, 6.45) is 3.80. The van der Waals surface area contributed by atoms with Crippen molar-refractivity contribution in [3.63, 3.8) is 0 Å². The topological polar surface area (TPSA) is 364 Å². The number of anilines is 1. The average molecular weight is 1080 g/mol. The van der Waals surface area contributed by atoms with E-state index in [-0.39, 0.29) is 48.7 Å². The summed E-state index contributed by atoms with van der Waals surface area (Å²) in [5.74, 6) is -1.45. The number of aromatic nitrogens is 4. The number of rotatable bonds is 31. The molecule has 10 N–H and O–H groups in total. The highest BCUT2D eigenvalue weighted by Crippen LogP contribution is 2.61. The molecule has 72 heavy (non-hydrogen) atoms. The molecule has 0 radical (unpaired) electrons. The Morgan fingerprint density at radius 3 is 2.01 bits per heavy atom. The number of phosphoric acid groups is 3. The van der Waals surface area contributed by atoms with Crippen LogP contribution in [0.4, 0.5) is 5.82 Å². The van der Waals surface area contributed by atoms with E-state index >= 15 is 0 Å². The standard InChI is InChI=1S/C45H74N7O17P3/c1-43(2,3)22-13-11-15-31-18-16-30(17-19-31)14-10-8-9-12-23-44(4,5)33(53)20-24-47-34(54)21-25-48-41(57)38(56)45(6,7)27-66-72(63,64)69-71(61,62)65-26-32-37(68-70(58,59)60)36(55)42(67-32)52-29-51-35-39(46)49-28-50-40(35)52/h16-19,28-29,32,36-38,42,55-56H,8-15,20-27H2,1-7H3,(H,47,54)(H,48,57)(H,61,62)(H,63,64)(H2,46,49,50)(H2,58,59,60). The van der Waals surface area contributed by atoms with E-state index in [1.165, 1.54) is 44.2 Å². The first-order chi connectivity index (χ1) is 33.4. The highest BCUT2D eigenvalue weighted by molar-refractivity contribution is 7.61. The third-order valence-corrected chi connectivity index (χ3v) is 15.3. The summed E-state index contributed by atoms with van der Waals surface area (Å²) in [6.45, 7) is 11.0. The molecule has 0 spiro atoms. The zero-order valence-electron chi connectivity index (χ0n) is 42.0. The Bertz CT molecular complexity index is 2410. The van der Waals surface area contributed by atoms with Crippen LogP contribution in [0.2, 0.25) is 0 Å². The van der Waals surface area contributed by atoms with E-state index in [9.17, 15) is 57.9 Å². The average Bonchev–Trinajstić information content (AvgIpc) is 3.84. The number of nitrogen functional groups attached to an aromatic ring is 1. The molecule has 27 heteroatoms. The van der Waals surface area contributed by atoms with Gasteiger partial charge in [-0.15, -0.1) is 0 Å². The van der Waals surface area contributed by atoms with Crippen molar-refractivity contribution in [2.45, 2.75) is 156 Å². The van der Waals surface area contributed by atoms with Gasteiger partial charge in [-0.25, -0.2) is 28.6 Å².